The third kappa shape index (κ3) is 3.18. The number of nitrogens with one attached hydrogen (secondary N) is 1. The number of hydrogen-bond donors (Lipinski definition) is 1. The highest BCUT2D eigenvalue weighted by atomic mass is 35.5. The van der Waals surface area contributed by atoms with Gasteiger partial charge in [-0.05, 0) is 47.7 Å². The van der Waals surface area contributed by atoms with Crippen molar-refractivity contribution in [1.29, 1.82) is 0 Å². The van der Waals surface area contributed by atoms with Gasteiger partial charge >= 0.3 is 0 Å². The van der Waals surface area contributed by atoms with Crippen molar-refractivity contribution in [3.05, 3.63) is 52.5 Å². The topological polar surface area (TPSA) is 79.7 Å². The highest BCUT2D eigenvalue weighted by molar-refractivity contribution is 7.13. The molecule has 1 amide bonds. The van der Waals surface area contributed by atoms with Gasteiger partial charge in [0.1, 0.15) is 5.69 Å². The van der Waals surface area contributed by atoms with E-state index in [1.165, 1.54) is 0 Å². The minimum absolute atomic E-state index is 0.00609. The second-order valence-electron chi connectivity index (χ2n) is 6.85. The third-order valence-electron chi connectivity index (χ3n) is 5.02. The summed E-state index contributed by atoms with van der Waals surface area (Å²) in [6, 6.07) is 11.4. The van der Waals surface area contributed by atoms with Crippen molar-refractivity contribution in [2.24, 2.45) is 0 Å². The van der Waals surface area contributed by atoms with Gasteiger partial charge in [0, 0.05) is 22.5 Å². The van der Waals surface area contributed by atoms with E-state index in [4.69, 9.17) is 11.6 Å². The third-order valence-corrected chi connectivity index (χ3v) is 6.12. The van der Waals surface area contributed by atoms with Crippen LogP contribution >= 0.6 is 22.9 Å². The lowest BCUT2D eigenvalue weighted by Crippen LogP contribution is -2.38. The number of H-pyrrole nitrogens is 1. The lowest BCUT2D eigenvalue weighted by molar-refractivity contribution is 0.0713. The van der Waals surface area contributed by atoms with Crippen molar-refractivity contribution in [3.8, 4) is 10.7 Å². The minimum atomic E-state index is -0.00609. The number of nitrogens with zero attached hydrogens (tertiary/aromatic N) is 5. The Bertz CT molecular complexity index is 1130. The number of amides is 1. The molecule has 5 rings (SSSR count). The van der Waals surface area contributed by atoms with Crippen LogP contribution in [0.2, 0.25) is 5.02 Å². The summed E-state index contributed by atoms with van der Waals surface area (Å²) in [6.45, 7) is 1.27. The van der Waals surface area contributed by atoms with Gasteiger partial charge in [0.15, 0.2) is 0 Å². The summed E-state index contributed by atoms with van der Waals surface area (Å²) in [7, 11) is 0. The van der Waals surface area contributed by atoms with Crippen molar-refractivity contribution in [1.82, 2.24) is 30.1 Å². The minimum Gasteiger partial charge on any atom is -0.350 e. The van der Waals surface area contributed by atoms with E-state index in [0.29, 0.717) is 23.1 Å². The van der Waals surface area contributed by atoms with Crippen molar-refractivity contribution in [3.63, 3.8) is 0 Å². The Hall–Kier alpha value is -2.71. The molecular formula is C19H17ClN6OS. The number of fused-ring (bicyclic) bond motifs is 1. The Kier molecular flexibility index (Phi) is 4.37. The zero-order valence-corrected chi connectivity index (χ0v) is 16.5. The molecule has 1 fully saturated rings. The molecule has 0 saturated carbocycles. The Morgan fingerprint density at radius 3 is 3.11 bits per heavy atom. The number of rotatable bonds is 4. The number of aromatic amines is 1. The van der Waals surface area contributed by atoms with Gasteiger partial charge in [-0.3, -0.25) is 4.79 Å². The molecule has 28 heavy (non-hydrogen) atoms. The van der Waals surface area contributed by atoms with Gasteiger partial charge in [0.2, 0.25) is 5.82 Å². The van der Waals surface area contributed by atoms with Gasteiger partial charge < -0.3 is 9.88 Å². The van der Waals surface area contributed by atoms with Crippen molar-refractivity contribution < 1.29 is 4.79 Å². The Morgan fingerprint density at radius 2 is 2.25 bits per heavy atom. The molecule has 9 heteroatoms. The number of aromatic nitrogens is 5. The van der Waals surface area contributed by atoms with Gasteiger partial charge in [-0.15, -0.1) is 21.5 Å². The van der Waals surface area contributed by atoms with Crippen LogP contribution < -0.4 is 0 Å². The van der Waals surface area contributed by atoms with Crippen LogP contribution in [0.1, 0.15) is 23.3 Å². The average Bonchev–Trinajstić information content (AvgIpc) is 3.47. The Morgan fingerprint density at radius 1 is 1.32 bits per heavy atom. The summed E-state index contributed by atoms with van der Waals surface area (Å²) in [5.74, 6) is 0.617. The molecule has 0 spiro atoms. The summed E-state index contributed by atoms with van der Waals surface area (Å²) in [6.07, 6.45) is 1.89. The van der Waals surface area contributed by atoms with Crippen molar-refractivity contribution in [2.45, 2.75) is 25.4 Å². The Labute approximate surface area is 169 Å². The van der Waals surface area contributed by atoms with E-state index in [0.717, 1.165) is 35.2 Å². The quantitative estimate of drug-likeness (QED) is 0.552. The number of carbonyl (C=O) groups excluding carboxylic acids is 1. The maximum atomic E-state index is 13.1. The van der Waals surface area contributed by atoms with Crippen molar-refractivity contribution in [2.75, 3.05) is 6.54 Å². The molecule has 0 unspecified atom stereocenters. The smallest absolute Gasteiger partial charge is 0.270 e. The number of thiophene rings is 1. The summed E-state index contributed by atoms with van der Waals surface area (Å²) < 4.78 is 0. The SMILES string of the molecule is O=C(c1cc2ccc(Cl)cc2[nH]1)N1CCC[C@@H]1Cn1nnc(-c2cccs2)n1. The van der Waals surface area contributed by atoms with Gasteiger partial charge in [0.25, 0.3) is 5.91 Å². The van der Waals surface area contributed by atoms with Gasteiger partial charge in [-0.2, -0.15) is 4.80 Å². The second kappa shape index (κ2) is 7.03. The molecule has 1 aliphatic heterocycles. The van der Waals surface area contributed by atoms with Crippen LogP contribution in [0.25, 0.3) is 21.6 Å². The van der Waals surface area contributed by atoms with Crippen LogP contribution in [0.3, 0.4) is 0 Å². The molecule has 1 aromatic carbocycles. The van der Waals surface area contributed by atoms with Gasteiger partial charge in [0.05, 0.1) is 17.5 Å². The van der Waals surface area contributed by atoms with Crippen LogP contribution in [0, 0.1) is 0 Å². The van der Waals surface area contributed by atoms with E-state index < -0.39 is 0 Å². The summed E-state index contributed by atoms with van der Waals surface area (Å²) in [4.78, 5) is 20.8. The van der Waals surface area contributed by atoms with Crippen LogP contribution in [0.5, 0.6) is 0 Å². The number of halogens is 1. The highest BCUT2D eigenvalue weighted by Gasteiger charge is 2.31. The normalized spacial score (nSPS) is 16.9. The van der Waals surface area contributed by atoms with Gasteiger partial charge in [-0.25, -0.2) is 0 Å². The van der Waals surface area contributed by atoms with Crippen LogP contribution in [-0.4, -0.2) is 48.6 Å². The molecule has 1 aliphatic rings. The Balaban J connectivity index is 1.35. The van der Waals surface area contributed by atoms with Crippen LogP contribution in [0.15, 0.2) is 41.8 Å². The predicted molar refractivity (Wildman–Crippen MR) is 108 cm³/mol. The van der Waals surface area contributed by atoms with E-state index in [2.05, 4.69) is 20.4 Å². The van der Waals surface area contributed by atoms with E-state index >= 15 is 0 Å². The molecule has 1 N–H and O–H groups in total. The number of tetrazole rings is 1. The average molecular weight is 413 g/mol. The summed E-state index contributed by atoms with van der Waals surface area (Å²) in [5.41, 5.74) is 1.44. The van der Waals surface area contributed by atoms with Gasteiger partial charge in [-0.1, -0.05) is 23.7 Å². The predicted octanol–water partition coefficient (Wildman–Crippen LogP) is 3.84. The molecule has 0 bridgehead atoms. The first-order valence-corrected chi connectivity index (χ1v) is 10.3. The molecule has 0 aliphatic carbocycles. The summed E-state index contributed by atoms with van der Waals surface area (Å²) in [5, 5.41) is 16.4. The first-order valence-electron chi connectivity index (χ1n) is 9.08. The molecule has 142 valence electrons. The number of hydrogen-bond acceptors (Lipinski definition) is 5. The number of carbonyl (C=O) groups is 1. The standard InChI is InChI=1S/C19H17ClN6OS/c20-13-6-5-12-9-16(21-15(12)10-13)19(27)25-7-1-3-14(25)11-26-23-18(22-24-26)17-4-2-8-28-17/h2,4-6,8-10,14,21H,1,3,7,11H2/t14-/m1/s1. The molecule has 1 saturated heterocycles. The maximum Gasteiger partial charge on any atom is 0.270 e. The van der Waals surface area contributed by atoms with Crippen LogP contribution in [-0.2, 0) is 6.54 Å². The zero-order valence-electron chi connectivity index (χ0n) is 14.9. The van der Waals surface area contributed by atoms with E-state index in [1.54, 1.807) is 16.1 Å². The zero-order chi connectivity index (χ0) is 19.1. The summed E-state index contributed by atoms with van der Waals surface area (Å²) >= 11 is 7.63. The first kappa shape index (κ1) is 17.4. The number of likely N-dealkylation sites (tertiary alicyclic amines) is 1. The lowest BCUT2D eigenvalue weighted by Gasteiger charge is -2.23. The van der Waals surface area contributed by atoms with E-state index in [1.807, 2.05) is 46.7 Å². The fraction of sp³-hybridized carbons (Fsp3) is 0.263. The largest absolute Gasteiger partial charge is 0.350 e. The fourth-order valence-corrected chi connectivity index (χ4v) is 4.50. The van der Waals surface area contributed by atoms with E-state index in [-0.39, 0.29) is 11.9 Å². The molecule has 4 aromatic rings. The monoisotopic (exact) mass is 412 g/mol. The molecule has 0 radical (unpaired) electrons. The van der Waals surface area contributed by atoms with Crippen LogP contribution in [0.4, 0.5) is 0 Å². The maximum absolute atomic E-state index is 13.1. The number of benzene rings is 1. The molecule has 1 atom stereocenters. The first-order chi connectivity index (χ1) is 13.7. The molecular weight excluding hydrogens is 396 g/mol. The van der Waals surface area contributed by atoms with Crippen molar-refractivity contribution >= 4 is 39.7 Å². The molecule has 7 nitrogen and oxygen atoms in total. The lowest BCUT2D eigenvalue weighted by atomic mass is 10.2. The molecule has 4 heterocycles. The molecule has 3 aromatic heterocycles. The van der Waals surface area contributed by atoms with E-state index in [9.17, 15) is 4.79 Å². The fourth-order valence-electron chi connectivity index (χ4n) is 3.68. The second-order valence-corrected chi connectivity index (χ2v) is 8.24. The highest BCUT2D eigenvalue weighted by Crippen LogP contribution is 2.25.